The molecule has 6 heteroatoms. The van der Waals surface area contributed by atoms with Crippen LogP contribution in [0.15, 0.2) is 12.1 Å². The zero-order chi connectivity index (χ0) is 13.6. The molecule has 3 nitrogen and oxygen atoms in total. The van der Waals surface area contributed by atoms with Crippen molar-refractivity contribution < 1.29 is 9.13 Å². The molecular formula is C13H14ClFN2OS. The highest BCUT2D eigenvalue weighted by Gasteiger charge is 2.31. The normalized spacial score (nSPS) is 18.9. The molecule has 0 radical (unpaired) electrons. The average Bonchev–Trinajstić information content (AvgIpc) is 2.67. The standard InChI is InChI=1S/C13H14ClFN2OS/c1-13(2-4-18-5-3-13)17-11-7-9(15)8(14)6-10(11)16-12(17)19/h6-7H,2-5H2,1H3,(H,16,19). The van der Waals surface area contributed by atoms with Gasteiger partial charge in [-0.05, 0) is 38.0 Å². The molecule has 1 aromatic heterocycles. The van der Waals surface area contributed by atoms with Gasteiger partial charge in [-0.2, -0.15) is 0 Å². The van der Waals surface area contributed by atoms with Crippen LogP contribution in [-0.2, 0) is 10.3 Å². The highest BCUT2D eigenvalue weighted by molar-refractivity contribution is 7.71. The van der Waals surface area contributed by atoms with Crippen LogP contribution in [0.3, 0.4) is 0 Å². The van der Waals surface area contributed by atoms with Crippen molar-refractivity contribution >= 4 is 34.9 Å². The van der Waals surface area contributed by atoms with Crippen LogP contribution < -0.4 is 0 Å². The third kappa shape index (κ3) is 2.10. The first-order chi connectivity index (χ1) is 9.01. The van der Waals surface area contributed by atoms with E-state index in [1.54, 1.807) is 6.07 Å². The molecule has 1 fully saturated rings. The molecular weight excluding hydrogens is 287 g/mol. The topological polar surface area (TPSA) is 29.9 Å². The summed E-state index contributed by atoms with van der Waals surface area (Å²) >= 11 is 11.2. The summed E-state index contributed by atoms with van der Waals surface area (Å²) in [6, 6.07) is 3.03. The van der Waals surface area contributed by atoms with Crippen LogP contribution in [0, 0.1) is 10.6 Å². The molecule has 0 saturated carbocycles. The second kappa shape index (κ2) is 4.58. The Bertz CT molecular complexity index is 688. The van der Waals surface area contributed by atoms with Gasteiger partial charge in [0.05, 0.1) is 16.1 Å². The number of nitrogens with one attached hydrogen (secondary N) is 1. The van der Waals surface area contributed by atoms with Crippen molar-refractivity contribution in [3.8, 4) is 0 Å². The number of aromatic amines is 1. The molecule has 0 aliphatic carbocycles. The molecule has 2 aromatic rings. The Kier molecular flexibility index (Phi) is 3.15. The lowest BCUT2D eigenvalue weighted by Crippen LogP contribution is -2.36. The fourth-order valence-corrected chi connectivity index (χ4v) is 3.27. The van der Waals surface area contributed by atoms with Crippen LogP contribution >= 0.6 is 23.8 Å². The minimum absolute atomic E-state index is 0.105. The van der Waals surface area contributed by atoms with E-state index in [1.165, 1.54) is 6.07 Å². The van der Waals surface area contributed by atoms with E-state index in [1.807, 2.05) is 4.57 Å². The van der Waals surface area contributed by atoms with Crippen LogP contribution in [-0.4, -0.2) is 22.8 Å². The maximum absolute atomic E-state index is 13.7. The van der Waals surface area contributed by atoms with Gasteiger partial charge in [-0.1, -0.05) is 11.6 Å². The van der Waals surface area contributed by atoms with Gasteiger partial charge >= 0.3 is 0 Å². The summed E-state index contributed by atoms with van der Waals surface area (Å²) < 4.78 is 21.7. The summed E-state index contributed by atoms with van der Waals surface area (Å²) in [7, 11) is 0. The number of nitrogens with zero attached hydrogens (tertiary/aromatic N) is 1. The number of hydrogen-bond donors (Lipinski definition) is 1. The van der Waals surface area contributed by atoms with Crippen LogP contribution in [0.4, 0.5) is 4.39 Å². The highest BCUT2D eigenvalue weighted by Crippen LogP contribution is 2.33. The predicted octanol–water partition coefficient (Wildman–Crippen LogP) is 4.02. The number of ether oxygens (including phenoxy) is 1. The third-order valence-electron chi connectivity index (χ3n) is 3.83. The number of rotatable bonds is 1. The van der Waals surface area contributed by atoms with Crippen LogP contribution in [0.1, 0.15) is 19.8 Å². The largest absolute Gasteiger partial charge is 0.381 e. The maximum atomic E-state index is 13.7. The van der Waals surface area contributed by atoms with Gasteiger partial charge < -0.3 is 14.3 Å². The van der Waals surface area contributed by atoms with Crippen molar-refractivity contribution in [3.63, 3.8) is 0 Å². The summed E-state index contributed by atoms with van der Waals surface area (Å²) in [6.45, 7) is 3.52. The molecule has 1 N–H and O–H groups in total. The third-order valence-corrected chi connectivity index (χ3v) is 4.41. The van der Waals surface area contributed by atoms with Crippen molar-refractivity contribution in [1.82, 2.24) is 9.55 Å². The minimum Gasteiger partial charge on any atom is -0.381 e. The molecule has 0 amide bonds. The van der Waals surface area contributed by atoms with Gasteiger partial charge in [0, 0.05) is 24.8 Å². The van der Waals surface area contributed by atoms with Gasteiger partial charge in [-0.25, -0.2) is 4.39 Å². The molecule has 2 heterocycles. The quantitative estimate of drug-likeness (QED) is 0.806. The van der Waals surface area contributed by atoms with E-state index >= 15 is 0 Å². The predicted molar refractivity (Wildman–Crippen MR) is 75.8 cm³/mol. The smallest absolute Gasteiger partial charge is 0.178 e. The monoisotopic (exact) mass is 300 g/mol. The lowest BCUT2D eigenvalue weighted by Gasteiger charge is -2.35. The molecule has 19 heavy (non-hydrogen) atoms. The molecule has 1 aliphatic heterocycles. The number of aromatic nitrogens is 2. The number of H-pyrrole nitrogens is 1. The van der Waals surface area contributed by atoms with Gasteiger partial charge in [-0.3, -0.25) is 0 Å². The van der Waals surface area contributed by atoms with Gasteiger partial charge in [0.25, 0.3) is 0 Å². The Morgan fingerprint density at radius 3 is 2.79 bits per heavy atom. The second-order valence-corrected chi connectivity index (χ2v) is 5.95. The van der Waals surface area contributed by atoms with Crippen LogP contribution in [0.5, 0.6) is 0 Å². The molecule has 1 aromatic carbocycles. The molecule has 0 atom stereocenters. The Labute approximate surface area is 120 Å². The number of benzene rings is 1. The molecule has 0 unspecified atom stereocenters. The van der Waals surface area contributed by atoms with Crippen molar-refractivity contribution in [1.29, 1.82) is 0 Å². The first-order valence-corrected chi connectivity index (χ1v) is 6.98. The van der Waals surface area contributed by atoms with E-state index in [2.05, 4.69) is 11.9 Å². The van der Waals surface area contributed by atoms with Gasteiger partial charge in [0.15, 0.2) is 4.77 Å². The van der Waals surface area contributed by atoms with E-state index in [0.717, 1.165) is 23.9 Å². The van der Waals surface area contributed by atoms with Gasteiger partial charge in [0.1, 0.15) is 5.82 Å². The fourth-order valence-electron chi connectivity index (χ4n) is 2.67. The highest BCUT2D eigenvalue weighted by atomic mass is 35.5. The zero-order valence-corrected chi connectivity index (χ0v) is 12.1. The lowest BCUT2D eigenvalue weighted by atomic mass is 9.92. The number of halogens is 2. The van der Waals surface area contributed by atoms with Gasteiger partial charge in [-0.15, -0.1) is 0 Å². The van der Waals surface area contributed by atoms with Gasteiger partial charge in [0.2, 0.25) is 0 Å². The van der Waals surface area contributed by atoms with Crippen molar-refractivity contribution in [2.45, 2.75) is 25.3 Å². The zero-order valence-electron chi connectivity index (χ0n) is 10.5. The molecule has 1 saturated heterocycles. The van der Waals surface area contributed by atoms with E-state index in [-0.39, 0.29) is 10.6 Å². The molecule has 102 valence electrons. The summed E-state index contributed by atoms with van der Waals surface area (Å²) in [6.07, 6.45) is 1.72. The van der Waals surface area contributed by atoms with E-state index in [0.29, 0.717) is 18.0 Å². The summed E-state index contributed by atoms with van der Waals surface area (Å²) in [4.78, 5) is 3.10. The summed E-state index contributed by atoms with van der Waals surface area (Å²) in [5.41, 5.74) is 1.38. The maximum Gasteiger partial charge on any atom is 0.178 e. The number of imidazole rings is 1. The Balaban J connectivity index is 2.25. The van der Waals surface area contributed by atoms with E-state index in [4.69, 9.17) is 28.6 Å². The molecule has 0 spiro atoms. The lowest BCUT2D eigenvalue weighted by molar-refractivity contribution is 0.0306. The van der Waals surface area contributed by atoms with E-state index < -0.39 is 5.82 Å². The second-order valence-electron chi connectivity index (χ2n) is 5.16. The fraction of sp³-hybridized carbons (Fsp3) is 0.462. The van der Waals surface area contributed by atoms with Crippen molar-refractivity contribution in [3.05, 3.63) is 27.7 Å². The number of fused-ring (bicyclic) bond motifs is 1. The van der Waals surface area contributed by atoms with Crippen LogP contribution in [0.25, 0.3) is 11.0 Å². The Hall–Kier alpha value is -0.910. The first kappa shape index (κ1) is 13.1. The Morgan fingerprint density at radius 1 is 1.42 bits per heavy atom. The first-order valence-electron chi connectivity index (χ1n) is 6.19. The van der Waals surface area contributed by atoms with Crippen molar-refractivity contribution in [2.24, 2.45) is 0 Å². The van der Waals surface area contributed by atoms with E-state index in [9.17, 15) is 4.39 Å². The average molecular weight is 301 g/mol. The molecule has 3 rings (SSSR count). The molecule has 0 bridgehead atoms. The summed E-state index contributed by atoms with van der Waals surface area (Å²) in [5, 5.41) is 0.105. The minimum atomic E-state index is -0.424. The Morgan fingerprint density at radius 2 is 2.11 bits per heavy atom. The van der Waals surface area contributed by atoms with Crippen LogP contribution in [0.2, 0.25) is 5.02 Å². The SMILES string of the molecule is CC1(n2c(=S)[nH]c3cc(Cl)c(F)cc32)CCOCC1. The molecule has 1 aliphatic rings. The van der Waals surface area contributed by atoms with Crippen molar-refractivity contribution in [2.75, 3.05) is 13.2 Å². The summed E-state index contributed by atoms with van der Waals surface area (Å²) in [5.74, 6) is -0.424. The number of hydrogen-bond acceptors (Lipinski definition) is 2.